The largest absolute Gasteiger partial charge is 0.493 e. The van der Waals surface area contributed by atoms with Crippen LogP contribution < -0.4 is 26.3 Å². The van der Waals surface area contributed by atoms with Crippen LogP contribution >= 0.6 is 0 Å². The van der Waals surface area contributed by atoms with Gasteiger partial charge in [-0.1, -0.05) is 0 Å². The maximum absolute atomic E-state index is 13.3. The van der Waals surface area contributed by atoms with E-state index in [0.29, 0.717) is 36.6 Å². The van der Waals surface area contributed by atoms with E-state index in [1.165, 1.54) is 49.0 Å². The molecule has 1 fully saturated rings. The minimum atomic E-state index is -4.37. The second-order valence-corrected chi connectivity index (χ2v) is 10.4. The number of carbonyl (C=O) groups is 3. The molecule has 3 aromatic rings. The van der Waals surface area contributed by atoms with Crippen molar-refractivity contribution in [1.82, 2.24) is 20.1 Å². The molecule has 4 rings (SSSR count). The summed E-state index contributed by atoms with van der Waals surface area (Å²) >= 11 is 0. The summed E-state index contributed by atoms with van der Waals surface area (Å²) in [5, 5.41) is 7.75. The Morgan fingerprint density at radius 3 is 2.44 bits per heavy atom. The van der Waals surface area contributed by atoms with Crippen LogP contribution in [0.1, 0.15) is 66.8 Å². The van der Waals surface area contributed by atoms with E-state index in [0.717, 1.165) is 0 Å². The smallest absolute Gasteiger partial charge is 0.392 e. The predicted molar refractivity (Wildman–Crippen MR) is 141 cm³/mol. The van der Waals surface area contributed by atoms with Gasteiger partial charge in [0, 0.05) is 23.7 Å². The normalized spacial score (nSPS) is 17.7. The van der Waals surface area contributed by atoms with E-state index in [4.69, 9.17) is 20.9 Å². The maximum Gasteiger partial charge on any atom is 0.392 e. The van der Waals surface area contributed by atoms with Gasteiger partial charge in [0.25, 0.3) is 11.8 Å². The molecule has 220 valence electrons. The van der Waals surface area contributed by atoms with Gasteiger partial charge in [0.05, 0.1) is 18.5 Å². The Kier molecular flexibility index (Phi) is 8.40. The molecule has 2 aromatic heterocycles. The molecule has 2 heterocycles. The number of hydrogen-bond acceptors (Lipinski definition) is 7. The van der Waals surface area contributed by atoms with Crippen molar-refractivity contribution in [3.05, 3.63) is 47.8 Å². The van der Waals surface area contributed by atoms with E-state index in [1.54, 1.807) is 6.07 Å². The van der Waals surface area contributed by atoms with Crippen molar-refractivity contribution in [3.63, 3.8) is 0 Å². The van der Waals surface area contributed by atoms with Crippen LogP contribution in [0.5, 0.6) is 11.6 Å². The fourth-order valence-corrected chi connectivity index (χ4v) is 4.58. The van der Waals surface area contributed by atoms with Crippen LogP contribution in [0.2, 0.25) is 0 Å². The number of nitrogens with one attached hydrogen (secondary N) is 1. The van der Waals surface area contributed by atoms with Crippen LogP contribution in [-0.2, 0) is 10.3 Å². The Bertz CT molecular complexity index is 1450. The number of halogens is 3. The van der Waals surface area contributed by atoms with E-state index in [9.17, 15) is 27.6 Å². The Morgan fingerprint density at radius 1 is 1.10 bits per heavy atom. The molecule has 41 heavy (non-hydrogen) atoms. The van der Waals surface area contributed by atoms with Crippen molar-refractivity contribution >= 4 is 28.6 Å². The first-order valence-corrected chi connectivity index (χ1v) is 13.0. The molecule has 1 aromatic carbocycles. The average Bonchev–Trinajstić information content (AvgIpc) is 3.29. The number of carbonyl (C=O) groups excluding carboxylic acids is 3. The molecule has 0 radical (unpaired) electrons. The monoisotopic (exact) mass is 576 g/mol. The lowest BCUT2D eigenvalue weighted by Gasteiger charge is -2.29. The number of primary amides is 2. The van der Waals surface area contributed by atoms with Crippen LogP contribution in [0.25, 0.3) is 10.9 Å². The van der Waals surface area contributed by atoms with Gasteiger partial charge in [-0.25, -0.2) is 9.67 Å². The molecule has 3 amide bonds. The third-order valence-corrected chi connectivity index (χ3v) is 6.98. The fourth-order valence-electron chi connectivity index (χ4n) is 4.58. The van der Waals surface area contributed by atoms with E-state index in [2.05, 4.69) is 15.4 Å². The molecule has 0 aliphatic heterocycles. The molecule has 14 heteroatoms. The zero-order valence-electron chi connectivity index (χ0n) is 22.5. The number of hydrogen-bond donors (Lipinski definition) is 3. The summed E-state index contributed by atoms with van der Waals surface area (Å²) in [6.45, 7) is 2.45. The minimum Gasteiger partial charge on any atom is -0.493 e. The first kappa shape index (κ1) is 29.6. The highest BCUT2D eigenvalue weighted by atomic mass is 19.4. The second kappa shape index (κ2) is 11.6. The minimum absolute atomic E-state index is 0.0362. The summed E-state index contributed by atoms with van der Waals surface area (Å²) < 4.78 is 50.1. The van der Waals surface area contributed by atoms with E-state index in [1.807, 2.05) is 0 Å². The maximum atomic E-state index is 13.3. The van der Waals surface area contributed by atoms with Gasteiger partial charge in [-0.2, -0.15) is 18.3 Å². The molecule has 11 nitrogen and oxygen atoms in total. The third kappa shape index (κ3) is 6.87. The summed E-state index contributed by atoms with van der Waals surface area (Å²) in [5.41, 5.74) is 10.2. The lowest BCUT2D eigenvalue weighted by Crippen LogP contribution is -2.42. The highest BCUT2D eigenvalue weighted by Crippen LogP contribution is 2.30. The summed E-state index contributed by atoms with van der Waals surface area (Å²) in [4.78, 5) is 41.3. The van der Waals surface area contributed by atoms with Crippen molar-refractivity contribution in [2.24, 2.45) is 11.5 Å². The summed E-state index contributed by atoms with van der Waals surface area (Å²) in [5.74, 6) is -1.54. The second-order valence-electron chi connectivity index (χ2n) is 10.4. The zero-order valence-corrected chi connectivity index (χ0v) is 22.5. The number of pyridine rings is 1. The Balaban J connectivity index is 1.48. The van der Waals surface area contributed by atoms with Crippen LogP contribution in [0.3, 0.4) is 0 Å². The van der Waals surface area contributed by atoms with E-state index >= 15 is 0 Å². The van der Waals surface area contributed by atoms with Gasteiger partial charge in [0.1, 0.15) is 23.0 Å². The predicted octanol–water partition coefficient (Wildman–Crippen LogP) is 3.20. The van der Waals surface area contributed by atoms with Gasteiger partial charge in [0.2, 0.25) is 11.8 Å². The molecule has 0 atom stereocenters. The molecule has 0 bridgehead atoms. The molecular weight excluding hydrogens is 545 g/mol. The molecule has 0 spiro atoms. The summed E-state index contributed by atoms with van der Waals surface area (Å²) in [7, 11) is 0. The zero-order chi connectivity index (χ0) is 29.9. The molecule has 1 saturated carbocycles. The van der Waals surface area contributed by atoms with Gasteiger partial charge in [-0.05, 0) is 63.8 Å². The molecular formula is C27H31F3N6O5. The van der Waals surface area contributed by atoms with Crippen LogP contribution in [0, 0.1) is 0 Å². The number of nitrogens with zero attached hydrogens (tertiary/aromatic N) is 3. The number of alkyl halides is 3. The fraction of sp³-hybridized carbons (Fsp3) is 0.444. The van der Waals surface area contributed by atoms with Gasteiger partial charge >= 0.3 is 6.18 Å². The Hall–Kier alpha value is -4.36. The molecule has 1 aliphatic rings. The number of ether oxygens (including phenoxy) is 2. The van der Waals surface area contributed by atoms with Crippen molar-refractivity contribution in [2.45, 2.75) is 69.8 Å². The quantitative estimate of drug-likeness (QED) is 0.333. The summed E-state index contributed by atoms with van der Waals surface area (Å²) in [6, 6.07) is 7.33. The van der Waals surface area contributed by atoms with Gasteiger partial charge in [-0.3, -0.25) is 14.4 Å². The lowest BCUT2D eigenvalue weighted by molar-refractivity contribution is -0.139. The lowest BCUT2D eigenvalue weighted by atomic mass is 9.92. The number of aromatic nitrogens is 3. The summed E-state index contributed by atoms with van der Waals surface area (Å²) in [6.07, 6.45) is -1.88. The number of fused-ring (bicyclic) bond motifs is 1. The first-order chi connectivity index (χ1) is 19.3. The van der Waals surface area contributed by atoms with E-state index < -0.39 is 42.5 Å². The molecule has 5 N–H and O–H groups in total. The average molecular weight is 577 g/mol. The van der Waals surface area contributed by atoms with Crippen molar-refractivity contribution in [3.8, 4) is 11.6 Å². The van der Waals surface area contributed by atoms with Crippen molar-refractivity contribution in [1.29, 1.82) is 0 Å². The molecule has 1 aliphatic carbocycles. The van der Waals surface area contributed by atoms with Crippen LogP contribution in [0.15, 0.2) is 36.5 Å². The first-order valence-electron chi connectivity index (χ1n) is 13.0. The SMILES string of the molecule is CC(C)(C(N)=O)n1nc(C(=O)NC2CCC(Oc3ncccc3C(N)=O)CC2)c2ccc(OCCC(F)(F)F)cc21. The molecule has 0 unspecified atom stereocenters. The Labute approximate surface area is 233 Å². The highest BCUT2D eigenvalue weighted by molar-refractivity contribution is 6.05. The number of rotatable bonds is 10. The van der Waals surface area contributed by atoms with Gasteiger partial charge in [0.15, 0.2) is 5.69 Å². The highest BCUT2D eigenvalue weighted by Gasteiger charge is 2.33. The van der Waals surface area contributed by atoms with Crippen LogP contribution in [0.4, 0.5) is 13.2 Å². The topological polar surface area (TPSA) is 164 Å². The third-order valence-electron chi connectivity index (χ3n) is 6.98. The van der Waals surface area contributed by atoms with Crippen LogP contribution in [-0.4, -0.2) is 57.4 Å². The van der Waals surface area contributed by atoms with Gasteiger partial charge in [-0.15, -0.1) is 0 Å². The Morgan fingerprint density at radius 2 is 1.80 bits per heavy atom. The molecule has 0 saturated heterocycles. The van der Waals surface area contributed by atoms with Crippen molar-refractivity contribution < 1.29 is 37.0 Å². The number of amides is 3. The number of nitrogens with two attached hydrogens (primary N) is 2. The standard InChI is InChI=1S/C27H31F3N6O5/c1-26(2,25(32)39)36-20-14-17(40-13-11-27(28,29)30)9-10-18(20)21(35-36)23(38)34-15-5-7-16(8-6-15)41-24-19(22(31)37)4-3-12-33-24/h3-4,9-10,12,14-16H,5-8,11,13H2,1-2H3,(H2,31,37)(H2,32,39)(H,34,38). The van der Waals surface area contributed by atoms with Crippen molar-refractivity contribution in [2.75, 3.05) is 6.61 Å². The van der Waals surface area contributed by atoms with E-state index in [-0.39, 0.29) is 35.0 Å². The van der Waals surface area contributed by atoms with Gasteiger partial charge < -0.3 is 26.3 Å². The number of benzene rings is 1.